The lowest BCUT2D eigenvalue weighted by Crippen LogP contribution is -2.08. The van der Waals surface area contributed by atoms with Crippen molar-refractivity contribution in [3.63, 3.8) is 0 Å². The third-order valence-electron chi connectivity index (χ3n) is 4.93. The van der Waals surface area contributed by atoms with Gasteiger partial charge in [-0.2, -0.15) is 0 Å². The molecule has 0 atom stereocenters. The van der Waals surface area contributed by atoms with E-state index in [0.29, 0.717) is 51.7 Å². The first-order valence-corrected chi connectivity index (χ1v) is 11.5. The molecule has 0 amide bonds. The van der Waals surface area contributed by atoms with Crippen molar-refractivity contribution >= 4 is 34.6 Å². The van der Waals surface area contributed by atoms with Crippen molar-refractivity contribution in [2.24, 2.45) is 0 Å². The van der Waals surface area contributed by atoms with Gasteiger partial charge >= 0.3 is 5.97 Å². The number of rotatable bonds is 8. The van der Waals surface area contributed by atoms with Gasteiger partial charge in [0.1, 0.15) is 17.2 Å². The maximum atomic E-state index is 12.2. The van der Waals surface area contributed by atoms with E-state index < -0.39 is 5.97 Å². The van der Waals surface area contributed by atoms with Gasteiger partial charge in [0.2, 0.25) is 11.8 Å². The Kier molecular flexibility index (Phi) is 6.96. The molecule has 0 aliphatic carbocycles. The van der Waals surface area contributed by atoms with Crippen LogP contribution in [0.3, 0.4) is 0 Å². The molecular formula is C24H22ClN3O4S. The highest BCUT2D eigenvalue weighted by molar-refractivity contribution is 7.12. The number of nitrogen functional groups attached to an aromatic ring is 1. The fraction of sp³-hybridized carbons (Fsp3) is 0.208. The van der Waals surface area contributed by atoms with Crippen molar-refractivity contribution < 1.29 is 18.7 Å². The van der Waals surface area contributed by atoms with Crippen molar-refractivity contribution in [1.82, 2.24) is 10.2 Å². The van der Waals surface area contributed by atoms with Crippen LogP contribution in [-0.2, 0) is 17.8 Å². The molecular weight excluding hydrogens is 462 g/mol. The summed E-state index contributed by atoms with van der Waals surface area (Å²) in [6.45, 7) is 4.13. The average Bonchev–Trinajstić information content (AvgIpc) is 3.41. The zero-order valence-electron chi connectivity index (χ0n) is 18.1. The second kappa shape index (κ2) is 10.1. The Labute approximate surface area is 200 Å². The van der Waals surface area contributed by atoms with Crippen LogP contribution in [0.5, 0.6) is 5.75 Å². The second-order valence-corrected chi connectivity index (χ2v) is 8.61. The molecule has 0 fully saturated rings. The molecule has 0 aliphatic heterocycles. The number of anilines is 1. The highest BCUT2D eigenvalue weighted by Crippen LogP contribution is 2.30. The van der Waals surface area contributed by atoms with Gasteiger partial charge in [-0.1, -0.05) is 29.8 Å². The van der Waals surface area contributed by atoms with Crippen molar-refractivity contribution in [2.45, 2.75) is 26.9 Å². The molecule has 170 valence electrons. The zero-order valence-corrected chi connectivity index (χ0v) is 19.7. The van der Waals surface area contributed by atoms with Crippen LogP contribution >= 0.6 is 22.9 Å². The summed E-state index contributed by atoms with van der Waals surface area (Å²) in [5.41, 5.74) is 9.85. The SMILES string of the molecule is CCOC(=O)c1scc(N)c1COc1cc(-c2nnc(Cc3ccc(Cl)cc3)o2)ccc1C. The number of nitrogens with zero attached hydrogens (tertiary/aromatic N) is 2. The minimum absolute atomic E-state index is 0.138. The van der Waals surface area contributed by atoms with Gasteiger partial charge in [0.15, 0.2) is 0 Å². The zero-order chi connectivity index (χ0) is 23.4. The predicted octanol–water partition coefficient (Wildman–Crippen LogP) is 5.69. The predicted molar refractivity (Wildman–Crippen MR) is 128 cm³/mol. The van der Waals surface area contributed by atoms with E-state index in [-0.39, 0.29) is 6.61 Å². The minimum Gasteiger partial charge on any atom is -0.488 e. The number of nitrogens with two attached hydrogens (primary N) is 1. The summed E-state index contributed by atoms with van der Waals surface area (Å²) >= 11 is 7.19. The summed E-state index contributed by atoms with van der Waals surface area (Å²) < 4.78 is 17.0. The van der Waals surface area contributed by atoms with Crippen LogP contribution < -0.4 is 10.5 Å². The molecule has 0 bridgehead atoms. The standard InChI is InChI=1S/C24H22ClN3O4S/c1-3-30-24(29)22-18(19(26)13-33-22)12-31-20-11-16(7-4-14(20)2)23-28-27-21(32-23)10-15-5-8-17(25)9-6-15/h4-9,11,13H,3,10,12,26H2,1-2H3. The van der Waals surface area contributed by atoms with E-state index in [1.807, 2.05) is 49.4 Å². The van der Waals surface area contributed by atoms with Gasteiger partial charge in [-0.25, -0.2) is 4.79 Å². The number of carbonyl (C=O) groups excluding carboxylic acids is 1. The Bertz CT molecular complexity index is 1270. The number of thiophene rings is 1. The lowest BCUT2D eigenvalue weighted by molar-refractivity contribution is 0.0529. The Morgan fingerprint density at radius 2 is 1.97 bits per heavy atom. The van der Waals surface area contributed by atoms with E-state index in [1.165, 1.54) is 11.3 Å². The van der Waals surface area contributed by atoms with E-state index in [0.717, 1.165) is 16.7 Å². The molecule has 0 spiro atoms. The molecule has 2 N–H and O–H groups in total. The summed E-state index contributed by atoms with van der Waals surface area (Å²) in [6.07, 6.45) is 0.507. The number of hydrogen-bond acceptors (Lipinski definition) is 8. The Balaban J connectivity index is 1.50. The van der Waals surface area contributed by atoms with Gasteiger partial charge in [-0.15, -0.1) is 21.5 Å². The summed E-state index contributed by atoms with van der Waals surface area (Å²) in [5.74, 6) is 1.12. The van der Waals surface area contributed by atoms with E-state index >= 15 is 0 Å². The first kappa shape index (κ1) is 22.8. The van der Waals surface area contributed by atoms with Crippen LogP contribution in [0, 0.1) is 6.92 Å². The second-order valence-electron chi connectivity index (χ2n) is 7.29. The van der Waals surface area contributed by atoms with Crippen molar-refractivity contribution in [2.75, 3.05) is 12.3 Å². The summed E-state index contributed by atoms with van der Waals surface area (Å²) in [4.78, 5) is 12.6. The first-order valence-electron chi connectivity index (χ1n) is 10.3. The maximum absolute atomic E-state index is 12.2. The van der Waals surface area contributed by atoms with Crippen LogP contribution in [0.25, 0.3) is 11.5 Å². The fourth-order valence-electron chi connectivity index (χ4n) is 3.17. The van der Waals surface area contributed by atoms with E-state index in [2.05, 4.69) is 10.2 Å². The normalized spacial score (nSPS) is 10.9. The molecule has 2 aromatic carbocycles. The number of benzene rings is 2. The molecule has 2 heterocycles. The van der Waals surface area contributed by atoms with Gasteiger partial charge in [0.05, 0.1) is 13.0 Å². The number of aromatic nitrogens is 2. The minimum atomic E-state index is -0.401. The molecule has 0 unspecified atom stereocenters. The molecule has 2 aromatic heterocycles. The monoisotopic (exact) mass is 483 g/mol. The molecule has 4 aromatic rings. The third-order valence-corrected chi connectivity index (χ3v) is 6.20. The van der Waals surface area contributed by atoms with E-state index in [9.17, 15) is 4.79 Å². The third kappa shape index (κ3) is 5.35. The number of carbonyl (C=O) groups is 1. The Hall–Kier alpha value is -3.36. The van der Waals surface area contributed by atoms with Crippen LogP contribution in [0.1, 0.15) is 39.2 Å². The maximum Gasteiger partial charge on any atom is 0.348 e. The lowest BCUT2D eigenvalue weighted by atomic mass is 10.1. The Morgan fingerprint density at radius 1 is 1.18 bits per heavy atom. The van der Waals surface area contributed by atoms with Gasteiger partial charge in [0.25, 0.3) is 0 Å². The van der Waals surface area contributed by atoms with Crippen LogP contribution in [0.4, 0.5) is 5.69 Å². The molecule has 7 nitrogen and oxygen atoms in total. The van der Waals surface area contributed by atoms with Gasteiger partial charge in [-0.05, 0) is 49.2 Å². The fourth-order valence-corrected chi connectivity index (χ4v) is 4.16. The molecule has 0 radical (unpaired) electrons. The van der Waals surface area contributed by atoms with E-state index in [1.54, 1.807) is 12.3 Å². The number of esters is 1. The summed E-state index contributed by atoms with van der Waals surface area (Å²) in [7, 11) is 0. The number of ether oxygens (including phenoxy) is 2. The summed E-state index contributed by atoms with van der Waals surface area (Å²) in [5, 5.41) is 10.7. The average molecular weight is 484 g/mol. The highest BCUT2D eigenvalue weighted by atomic mass is 35.5. The van der Waals surface area contributed by atoms with Crippen LogP contribution in [0.2, 0.25) is 5.02 Å². The quantitative estimate of drug-likeness (QED) is 0.321. The van der Waals surface area contributed by atoms with Crippen LogP contribution in [-0.4, -0.2) is 22.8 Å². The lowest BCUT2D eigenvalue weighted by Gasteiger charge is -2.11. The van der Waals surface area contributed by atoms with Gasteiger partial charge in [-0.3, -0.25) is 0 Å². The molecule has 33 heavy (non-hydrogen) atoms. The van der Waals surface area contributed by atoms with Gasteiger partial charge < -0.3 is 19.6 Å². The summed E-state index contributed by atoms with van der Waals surface area (Å²) in [6, 6.07) is 13.1. The molecule has 0 saturated heterocycles. The highest BCUT2D eigenvalue weighted by Gasteiger charge is 2.19. The van der Waals surface area contributed by atoms with Crippen molar-refractivity contribution in [3.05, 3.63) is 80.3 Å². The molecule has 9 heteroatoms. The van der Waals surface area contributed by atoms with Gasteiger partial charge in [0, 0.05) is 27.2 Å². The number of halogens is 1. The van der Waals surface area contributed by atoms with Crippen molar-refractivity contribution in [1.29, 1.82) is 0 Å². The van der Waals surface area contributed by atoms with Crippen molar-refractivity contribution in [3.8, 4) is 17.2 Å². The smallest absolute Gasteiger partial charge is 0.348 e. The van der Waals surface area contributed by atoms with E-state index in [4.69, 9.17) is 31.2 Å². The number of aryl methyl sites for hydroxylation is 1. The number of hydrogen-bond donors (Lipinski definition) is 1. The molecule has 0 aliphatic rings. The molecule has 0 saturated carbocycles. The Morgan fingerprint density at radius 3 is 2.73 bits per heavy atom. The van der Waals surface area contributed by atoms with Crippen LogP contribution in [0.15, 0.2) is 52.3 Å². The topological polar surface area (TPSA) is 100 Å². The largest absolute Gasteiger partial charge is 0.488 e. The molecule has 4 rings (SSSR count). The first-order chi connectivity index (χ1) is 15.9.